The Labute approximate surface area is 136 Å². The summed E-state index contributed by atoms with van der Waals surface area (Å²) in [5, 5.41) is 14.8. The molecule has 4 rings (SSSR count). The molecule has 122 valence electrons. The molecule has 0 aliphatic carbocycles. The minimum absolute atomic E-state index is 0.0998. The number of nitrogens with one attached hydrogen (secondary N) is 1. The van der Waals surface area contributed by atoms with Crippen LogP contribution in [0, 0.1) is 0 Å². The van der Waals surface area contributed by atoms with Gasteiger partial charge in [0.25, 0.3) is 5.91 Å². The Morgan fingerprint density at radius 2 is 2.08 bits per heavy atom. The Bertz CT molecular complexity index is 830. The zero-order valence-corrected chi connectivity index (χ0v) is 12.7. The van der Waals surface area contributed by atoms with Crippen molar-refractivity contribution in [3.05, 3.63) is 48.1 Å². The zero-order chi connectivity index (χ0) is 16.4. The van der Waals surface area contributed by atoms with Crippen molar-refractivity contribution < 1.29 is 9.53 Å². The summed E-state index contributed by atoms with van der Waals surface area (Å²) in [6, 6.07) is 3.67. The fourth-order valence-corrected chi connectivity index (χ4v) is 2.53. The van der Waals surface area contributed by atoms with E-state index in [9.17, 15) is 4.79 Å². The normalized spacial score (nSPS) is 13.6. The van der Waals surface area contributed by atoms with E-state index in [0.717, 1.165) is 5.82 Å². The van der Waals surface area contributed by atoms with Crippen molar-refractivity contribution in [2.24, 2.45) is 0 Å². The van der Waals surface area contributed by atoms with E-state index >= 15 is 0 Å². The zero-order valence-electron chi connectivity index (χ0n) is 12.7. The predicted molar refractivity (Wildman–Crippen MR) is 79.7 cm³/mol. The molecule has 0 atom stereocenters. The SMILES string of the molecule is O=C(c1ccn[nH]1)N1CCn2c(COc3ncccn3)nnc2C1. The van der Waals surface area contributed by atoms with Gasteiger partial charge in [-0.25, -0.2) is 9.97 Å². The third-order valence-corrected chi connectivity index (χ3v) is 3.72. The number of aromatic nitrogens is 7. The van der Waals surface area contributed by atoms with E-state index < -0.39 is 0 Å². The average molecular weight is 326 g/mol. The van der Waals surface area contributed by atoms with E-state index in [2.05, 4.69) is 30.4 Å². The van der Waals surface area contributed by atoms with Crippen molar-refractivity contribution in [3.8, 4) is 6.01 Å². The molecule has 0 unspecified atom stereocenters. The number of hydrogen-bond acceptors (Lipinski definition) is 7. The lowest BCUT2D eigenvalue weighted by Gasteiger charge is -2.27. The van der Waals surface area contributed by atoms with Crippen molar-refractivity contribution in [3.63, 3.8) is 0 Å². The molecule has 3 aromatic rings. The maximum absolute atomic E-state index is 12.3. The van der Waals surface area contributed by atoms with Gasteiger partial charge in [0.2, 0.25) is 0 Å². The van der Waals surface area contributed by atoms with Crippen LogP contribution in [0.25, 0.3) is 0 Å². The van der Waals surface area contributed by atoms with Crippen LogP contribution in [0.3, 0.4) is 0 Å². The van der Waals surface area contributed by atoms with Crippen molar-refractivity contribution in [1.82, 2.24) is 39.8 Å². The van der Waals surface area contributed by atoms with Crippen LogP contribution in [0.1, 0.15) is 22.1 Å². The molecule has 24 heavy (non-hydrogen) atoms. The third kappa shape index (κ3) is 2.69. The molecule has 0 saturated carbocycles. The van der Waals surface area contributed by atoms with Crippen LogP contribution in [0.2, 0.25) is 0 Å². The van der Waals surface area contributed by atoms with Gasteiger partial charge in [0, 0.05) is 31.7 Å². The first-order valence-corrected chi connectivity index (χ1v) is 7.40. The highest BCUT2D eigenvalue weighted by atomic mass is 16.5. The number of nitrogens with zero attached hydrogens (tertiary/aromatic N) is 7. The summed E-state index contributed by atoms with van der Waals surface area (Å²) in [4.78, 5) is 22.1. The van der Waals surface area contributed by atoms with Crippen LogP contribution in [0.15, 0.2) is 30.7 Å². The van der Waals surface area contributed by atoms with Gasteiger partial charge in [-0.1, -0.05) is 0 Å². The summed E-state index contributed by atoms with van der Waals surface area (Å²) < 4.78 is 7.47. The maximum atomic E-state index is 12.3. The lowest BCUT2D eigenvalue weighted by molar-refractivity contribution is 0.0699. The molecular formula is C14H14N8O2. The van der Waals surface area contributed by atoms with E-state index in [1.165, 1.54) is 0 Å². The lowest BCUT2D eigenvalue weighted by Crippen LogP contribution is -2.39. The third-order valence-electron chi connectivity index (χ3n) is 3.72. The maximum Gasteiger partial charge on any atom is 0.316 e. The summed E-state index contributed by atoms with van der Waals surface area (Å²) in [6.45, 7) is 1.80. The van der Waals surface area contributed by atoms with E-state index in [0.29, 0.717) is 37.2 Å². The van der Waals surface area contributed by atoms with Crippen LogP contribution in [0.5, 0.6) is 6.01 Å². The van der Waals surface area contributed by atoms with Gasteiger partial charge in [-0.2, -0.15) is 5.10 Å². The number of hydrogen-bond donors (Lipinski definition) is 1. The van der Waals surface area contributed by atoms with Gasteiger partial charge >= 0.3 is 6.01 Å². The molecule has 0 radical (unpaired) electrons. The highest BCUT2D eigenvalue weighted by molar-refractivity contribution is 5.92. The van der Waals surface area contributed by atoms with Gasteiger partial charge in [0.05, 0.1) is 6.54 Å². The number of ether oxygens (including phenoxy) is 1. The largest absolute Gasteiger partial charge is 0.455 e. The molecule has 1 aliphatic heterocycles. The smallest absolute Gasteiger partial charge is 0.316 e. The monoisotopic (exact) mass is 326 g/mol. The highest BCUT2D eigenvalue weighted by Gasteiger charge is 2.26. The molecule has 3 aromatic heterocycles. The van der Waals surface area contributed by atoms with Crippen LogP contribution in [0.4, 0.5) is 0 Å². The molecule has 10 heteroatoms. The summed E-state index contributed by atoms with van der Waals surface area (Å²) >= 11 is 0. The Balaban J connectivity index is 1.44. The molecule has 1 N–H and O–H groups in total. The number of amides is 1. The van der Waals surface area contributed by atoms with Crippen LogP contribution < -0.4 is 4.74 Å². The lowest BCUT2D eigenvalue weighted by atomic mass is 10.3. The van der Waals surface area contributed by atoms with Crippen LogP contribution >= 0.6 is 0 Å². The van der Waals surface area contributed by atoms with Gasteiger partial charge in [-0.3, -0.25) is 9.89 Å². The molecule has 0 bridgehead atoms. The molecule has 1 aliphatic rings. The topological polar surface area (TPSA) is 115 Å². The number of fused-ring (bicyclic) bond motifs is 1. The number of aromatic amines is 1. The molecule has 4 heterocycles. The van der Waals surface area contributed by atoms with Crippen LogP contribution in [-0.2, 0) is 19.7 Å². The predicted octanol–water partition coefficient (Wildman–Crippen LogP) is 0.0262. The highest BCUT2D eigenvalue weighted by Crippen LogP contribution is 2.15. The second kappa shape index (κ2) is 6.07. The molecule has 0 aromatic carbocycles. The average Bonchev–Trinajstić information content (AvgIpc) is 3.30. The van der Waals surface area contributed by atoms with Gasteiger partial charge in [-0.15, -0.1) is 10.2 Å². The van der Waals surface area contributed by atoms with Gasteiger partial charge in [-0.05, 0) is 12.1 Å². The van der Waals surface area contributed by atoms with E-state index in [1.807, 2.05) is 4.57 Å². The fraction of sp³-hybridized carbons (Fsp3) is 0.286. The van der Waals surface area contributed by atoms with Gasteiger partial charge in [0.15, 0.2) is 18.3 Å². The quantitative estimate of drug-likeness (QED) is 0.719. The minimum atomic E-state index is -0.0998. The number of carbonyl (C=O) groups excluding carboxylic acids is 1. The first-order chi connectivity index (χ1) is 11.8. The van der Waals surface area contributed by atoms with E-state index in [-0.39, 0.29) is 12.5 Å². The summed E-state index contributed by atoms with van der Waals surface area (Å²) in [5.74, 6) is 1.31. The Hall–Kier alpha value is -3.30. The molecule has 10 nitrogen and oxygen atoms in total. The molecule has 0 saturated heterocycles. The molecular weight excluding hydrogens is 312 g/mol. The molecule has 0 fully saturated rings. The number of carbonyl (C=O) groups is 1. The van der Waals surface area contributed by atoms with E-state index in [4.69, 9.17) is 4.74 Å². The first kappa shape index (κ1) is 14.3. The van der Waals surface area contributed by atoms with Crippen molar-refractivity contribution in [1.29, 1.82) is 0 Å². The molecule has 1 amide bonds. The Kier molecular flexibility index (Phi) is 3.61. The van der Waals surface area contributed by atoms with Crippen molar-refractivity contribution >= 4 is 5.91 Å². The van der Waals surface area contributed by atoms with Gasteiger partial charge in [0.1, 0.15) is 5.69 Å². The second-order valence-electron chi connectivity index (χ2n) is 5.20. The van der Waals surface area contributed by atoms with Crippen molar-refractivity contribution in [2.75, 3.05) is 6.54 Å². The Morgan fingerprint density at radius 1 is 1.21 bits per heavy atom. The summed E-state index contributed by atoms with van der Waals surface area (Å²) in [5.41, 5.74) is 0.466. The summed E-state index contributed by atoms with van der Waals surface area (Å²) in [7, 11) is 0. The Morgan fingerprint density at radius 3 is 2.88 bits per heavy atom. The van der Waals surface area contributed by atoms with Crippen molar-refractivity contribution in [2.45, 2.75) is 19.7 Å². The second-order valence-corrected chi connectivity index (χ2v) is 5.20. The number of H-pyrrole nitrogens is 1. The minimum Gasteiger partial charge on any atom is -0.455 e. The van der Waals surface area contributed by atoms with E-state index in [1.54, 1.807) is 35.6 Å². The fourth-order valence-electron chi connectivity index (χ4n) is 2.53. The van der Waals surface area contributed by atoms with Crippen LogP contribution in [-0.4, -0.2) is 52.3 Å². The molecule has 0 spiro atoms. The summed E-state index contributed by atoms with van der Waals surface area (Å²) in [6.07, 6.45) is 4.78. The van der Waals surface area contributed by atoms with Gasteiger partial charge < -0.3 is 14.2 Å². The first-order valence-electron chi connectivity index (χ1n) is 7.40. The standard InChI is InChI=1S/C14H14N8O2/c23-13(10-2-5-17-18-10)21-6-7-22-11(8-21)19-20-12(22)9-24-14-15-3-1-4-16-14/h1-5H,6-9H2,(H,17,18). The number of rotatable bonds is 4.